The third-order valence-electron chi connectivity index (χ3n) is 3.93. The van der Waals surface area contributed by atoms with Crippen molar-refractivity contribution in [3.63, 3.8) is 0 Å². The van der Waals surface area contributed by atoms with Crippen LogP contribution in [0.3, 0.4) is 0 Å². The van der Waals surface area contributed by atoms with Crippen molar-refractivity contribution in [2.45, 2.75) is 19.8 Å². The van der Waals surface area contributed by atoms with Gasteiger partial charge in [-0.25, -0.2) is 9.97 Å². The van der Waals surface area contributed by atoms with Gasteiger partial charge in [0.05, 0.1) is 13.1 Å². The largest absolute Gasteiger partial charge is 0.616 e. The highest BCUT2D eigenvalue weighted by Gasteiger charge is 2.22. The number of hydrogen-bond acceptors (Lipinski definition) is 4. The van der Waals surface area contributed by atoms with Crippen LogP contribution in [-0.2, 0) is 11.2 Å². The van der Waals surface area contributed by atoms with Crippen molar-refractivity contribution in [2.24, 2.45) is 0 Å². The van der Waals surface area contributed by atoms with Crippen LogP contribution in [0.5, 0.6) is 0 Å². The van der Waals surface area contributed by atoms with E-state index in [1.54, 1.807) is 0 Å². The summed E-state index contributed by atoms with van der Waals surface area (Å²) in [5, 5.41) is 0.701. The molecule has 3 rings (SSSR count). The first-order chi connectivity index (χ1) is 11.0. The minimum Gasteiger partial charge on any atom is -0.616 e. The van der Waals surface area contributed by atoms with E-state index < -0.39 is 11.2 Å². The van der Waals surface area contributed by atoms with Crippen LogP contribution in [0.1, 0.15) is 25.5 Å². The number of aromatic nitrogens is 2. The predicted octanol–water partition coefficient (Wildman–Crippen LogP) is 3.49. The topological polar surface area (TPSA) is 52.1 Å². The van der Waals surface area contributed by atoms with E-state index in [1.165, 1.54) is 0 Å². The Balaban J connectivity index is 1.97. The zero-order chi connectivity index (χ0) is 16.4. The maximum absolute atomic E-state index is 11.6. The molecular formula is C17H20ClN3OS. The lowest BCUT2D eigenvalue weighted by Crippen LogP contribution is -2.40. The molecule has 1 aromatic heterocycles. The Morgan fingerprint density at radius 2 is 1.78 bits per heavy atom. The van der Waals surface area contributed by atoms with E-state index in [2.05, 4.69) is 24.8 Å². The molecule has 1 saturated heterocycles. The first kappa shape index (κ1) is 16.6. The van der Waals surface area contributed by atoms with E-state index in [9.17, 15) is 4.55 Å². The number of anilines is 1. The van der Waals surface area contributed by atoms with E-state index in [0.29, 0.717) is 22.4 Å². The van der Waals surface area contributed by atoms with Gasteiger partial charge in [-0.05, 0) is 30.2 Å². The maximum Gasteiger partial charge on any atom is 0.161 e. The molecule has 1 aliphatic heterocycles. The van der Waals surface area contributed by atoms with Crippen LogP contribution in [0.25, 0.3) is 11.4 Å². The molecule has 0 bridgehead atoms. The van der Waals surface area contributed by atoms with Crippen LogP contribution in [0.2, 0.25) is 5.02 Å². The average Bonchev–Trinajstić information content (AvgIpc) is 2.55. The van der Waals surface area contributed by atoms with Gasteiger partial charge in [0.25, 0.3) is 0 Å². The molecule has 0 saturated carbocycles. The first-order valence-electron chi connectivity index (χ1n) is 7.78. The van der Waals surface area contributed by atoms with Crippen LogP contribution in [0.4, 0.5) is 5.82 Å². The fourth-order valence-electron chi connectivity index (χ4n) is 2.51. The Morgan fingerprint density at radius 1 is 1.13 bits per heavy atom. The SMILES string of the molecule is CC(C)c1cc(N2CC[S+]([O-])CC2)nc(-c2ccc(Cl)cc2)n1. The quantitative estimate of drug-likeness (QED) is 0.796. The van der Waals surface area contributed by atoms with Crippen LogP contribution in [0.15, 0.2) is 30.3 Å². The van der Waals surface area contributed by atoms with Crippen LogP contribution in [-0.4, -0.2) is 39.1 Å². The van der Waals surface area contributed by atoms with Gasteiger partial charge in [-0.1, -0.05) is 36.6 Å². The molecule has 2 heterocycles. The molecule has 122 valence electrons. The summed E-state index contributed by atoms with van der Waals surface area (Å²) in [4.78, 5) is 11.6. The molecule has 2 aromatic rings. The highest BCUT2D eigenvalue weighted by Crippen LogP contribution is 2.25. The monoisotopic (exact) mass is 349 g/mol. The second kappa shape index (κ2) is 7.07. The van der Waals surface area contributed by atoms with Crippen molar-refractivity contribution in [1.29, 1.82) is 0 Å². The number of halogens is 1. The first-order valence-corrected chi connectivity index (χ1v) is 9.64. The molecule has 0 amide bonds. The minimum atomic E-state index is -0.693. The van der Waals surface area contributed by atoms with Crippen LogP contribution in [0, 0.1) is 0 Å². The average molecular weight is 350 g/mol. The van der Waals surface area contributed by atoms with Crippen molar-refractivity contribution in [3.05, 3.63) is 41.0 Å². The van der Waals surface area contributed by atoms with E-state index in [4.69, 9.17) is 21.6 Å². The van der Waals surface area contributed by atoms with Gasteiger partial charge in [-0.15, -0.1) is 0 Å². The van der Waals surface area contributed by atoms with E-state index in [-0.39, 0.29) is 0 Å². The van der Waals surface area contributed by atoms with Crippen molar-refractivity contribution in [2.75, 3.05) is 29.5 Å². The van der Waals surface area contributed by atoms with Gasteiger partial charge in [0.15, 0.2) is 5.82 Å². The standard InChI is InChI=1S/C17H20ClN3OS/c1-12(2)15-11-16(21-7-9-23(22)10-8-21)20-17(19-15)13-3-5-14(18)6-4-13/h3-6,11-12H,7-10H2,1-2H3. The minimum absolute atomic E-state index is 0.321. The van der Waals surface area contributed by atoms with Gasteiger partial charge in [0.1, 0.15) is 17.3 Å². The van der Waals surface area contributed by atoms with Crippen LogP contribution >= 0.6 is 11.6 Å². The molecular weight excluding hydrogens is 330 g/mol. The molecule has 1 aromatic carbocycles. The summed E-state index contributed by atoms with van der Waals surface area (Å²) < 4.78 is 11.6. The second-order valence-corrected chi connectivity index (χ2v) is 8.10. The van der Waals surface area contributed by atoms with E-state index in [1.807, 2.05) is 24.3 Å². The lowest BCUT2D eigenvalue weighted by molar-refractivity contribution is 0.585. The lowest BCUT2D eigenvalue weighted by Gasteiger charge is -2.29. The smallest absolute Gasteiger partial charge is 0.161 e. The highest BCUT2D eigenvalue weighted by molar-refractivity contribution is 7.91. The molecule has 1 fully saturated rings. The Hall–Kier alpha value is -1.30. The Morgan fingerprint density at radius 3 is 2.39 bits per heavy atom. The van der Waals surface area contributed by atoms with Gasteiger partial charge < -0.3 is 9.45 Å². The Bertz CT molecular complexity index is 670. The fraction of sp³-hybridized carbons (Fsp3) is 0.412. The number of hydrogen-bond donors (Lipinski definition) is 0. The molecule has 0 atom stereocenters. The Kier molecular flexibility index (Phi) is 5.09. The molecule has 0 radical (unpaired) electrons. The molecule has 4 nitrogen and oxygen atoms in total. The summed E-state index contributed by atoms with van der Waals surface area (Å²) in [5.74, 6) is 3.37. The zero-order valence-corrected chi connectivity index (χ0v) is 14.9. The van der Waals surface area contributed by atoms with Gasteiger partial charge in [0, 0.05) is 22.3 Å². The van der Waals surface area contributed by atoms with Crippen LogP contribution < -0.4 is 4.90 Å². The molecule has 0 unspecified atom stereocenters. The number of nitrogens with zero attached hydrogens (tertiary/aromatic N) is 3. The lowest BCUT2D eigenvalue weighted by atomic mass is 10.1. The Labute approximate surface area is 145 Å². The summed E-state index contributed by atoms with van der Waals surface area (Å²) in [6.45, 7) is 5.81. The molecule has 23 heavy (non-hydrogen) atoms. The summed E-state index contributed by atoms with van der Waals surface area (Å²) in [6, 6.07) is 9.64. The number of rotatable bonds is 3. The maximum atomic E-state index is 11.6. The summed E-state index contributed by atoms with van der Waals surface area (Å²) >= 11 is 5.28. The summed E-state index contributed by atoms with van der Waals surface area (Å²) in [6.07, 6.45) is 0. The molecule has 1 aliphatic rings. The second-order valence-electron chi connectivity index (χ2n) is 5.97. The molecule has 0 aliphatic carbocycles. The van der Waals surface area contributed by atoms with E-state index >= 15 is 0 Å². The molecule has 6 heteroatoms. The van der Waals surface area contributed by atoms with Crippen molar-refractivity contribution >= 4 is 28.6 Å². The zero-order valence-electron chi connectivity index (χ0n) is 13.3. The third-order valence-corrected chi connectivity index (χ3v) is 5.46. The molecule has 0 N–H and O–H groups in total. The van der Waals surface area contributed by atoms with Crippen molar-refractivity contribution in [1.82, 2.24) is 9.97 Å². The highest BCUT2D eigenvalue weighted by atomic mass is 35.5. The van der Waals surface area contributed by atoms with Gasteiger partial charge in [-0.2, -0.15) is 0 Å². The van der Waals surface area contributed by atoms with Gasteiger partial charge >= 0.3 is 0 Å². The third kappa shape index (κ3) is 3.97. The fourth-order valence-corrected chi connectivity index (χ4v) is 3.68. The van der Waals surface area contributed by atoms with Crippen molar-refractivity contribution in [3.8, 4) is 11.4 Å². The van der Waals surface area contributed by atoms with Gasteiger partial charge in [-0.3, -0.25) is 0 Å². The normalized spacial score (nSPS) is 16.1. The number of benzene rings is 1. The summed E-state index contributed by atoms with van der Waals surface area (Å²) in [7, 11) is 0. The molecule has 0 spiro atoms. The van der Waals surface area contributed by atoms with E-state index in [0.717, 1.165) is 36.0 Å². The summed E-state index contributed by atoms with van der Waals surface area (Å²) in [5.41, 5.74) is 1.98. The predicted molar refractivity (Wildman–Crippen MR) is 96.7 cm³/mol. The van der Waals surface area contributed by atoms with Crippen molar-refractivity contribution < 1.29 is 4.55 Å². The van der Waals surface area contributed by atoms with Gasteiger partial charge in [0.2, 0.25) is 0 Å².